The summed E-state index contributed by atoms with van der Waals surface area (Å²) >= 11 is 3.49. The lowest BCUT2D eigenvalue weighted by Gasteiger charge is -2.61. The van der Waals surface area contributed by atoms with Crippen molar-refractivity contribution in [3.05, 3.63) is 22.7 Å². The Bertz CT molecular complexity index is 487. The van der Waals surface area contributed by atoms with Gasteiger partial charge in [0.1, 0.15) is 5.75 Å². The SMILES string of the molecule is CCOC1CC(Nc2ccc(Br)c(OC)c2)C12CCC2. The summed E-state index contributed by atoms with van der Waals surface area (Å²) in [6, 6.07) is 6.74. The average Bonchev–Trinajstić information content (AvgIpc) is 2.37. The molecule has 2 aliphatic rings. The Morgan fingerprint density at radius 2 is 2.20 bits per heavy atom. The van der Waals surface area contributed by atoms with E-state index in [-0.39, 0.29) is 0 Å². The van der Waals surface area contributed by atoms with Gasteiger partial charge in [0.25, 0.3) is 0 Å². The van der Waals surface area contributed by atoms with Crippen LogP contribution in [0.2, 0.25) is 0 Å². The first kappa shape index (κ1) is 14.2. The zero-order valence-electron chi connectivity index (χ0n) is 12.1. The highest BCUT2D eigenvalue weighted by atomic mass is 79.9. The number of anilines is 1. The maximum atomic E-state index is 5.90. The molecule has 1 spiro atoms. The molecule has 3 nitrogen and oxygen atoms in total. The summed E-state index contributed by atoms with van der Waals surface area (Å²) in [6.45, 7) is 2.91. The Kier molecular flexibility index (Phi) is 3.95. The molecule has 0 heterocycles. The van der Waals surface area contributed by atoms with Gasteiger partial charge in [0.05, 0.1) is 17.7 Å². The summed E-state index contributed by atoms with van der Waals surface area (Å²) in [6.07, 6.45) is 5.50. The van der Waals surface area contributed by atoms with E-state index in [2.05, 4.69) is 40.3 Å². The molecule has 2 saturated carbocycles. The molecule has 0 saturated heterocycles. The van der Waals surface area contributed by atoms with Gasteiger partial charge in [-0.2, -0.15) is 0 Å². The first-order valence-electron chi connectivity index (χ1n) is 7.41. The zero-order valence-corrected chi connectivity index (χ0v) is 13.7. The molecule has 20 heavy (non-hydrogen) atoms. The number of ether oxygens (including phenoxy) is 2. The topological polar surface area (TPSA) is 30.5 Å². The lowest BCUT2D eigenvalue weighted by molar-refractivity contribution is -0.157. The minimum Gasteiger partial charge on any atom is -0.495 e. The van der Waals surface area contributed by atoms with Crippen LogP contribution in [0.15, 0.2) is 22.7 Å². The van der Waals surface area contributed by atoms with E-state index < -0.39 is 0 Å². The number of benzene rings is 1. The second kappa shape index (κ2) is 5.57. The third-order valence-electron chi connectivity index (χ3n) is 4.93. The normalized spacial score (nSPS) is 26.8. The highest BCUT2D eigenvalue weighted by Gasteiger charge is 2.58. The Hall–Kier alpha value is -0.740. The molecular weight excluding hydrogens is 318 g/mol. The number of hydrogen-bond acceptors (Lipinski definition) is 3. The van der Waals surface area contributed by atoms with E-state index in [0.29, 0.717) is 17.6 Å². The third kappa shape index (κ3) is 2.23. The van der Waals surface area contributed by atoms with Crippen LogP contribution >= 0.6 is 15.9 Å². The van der Waals surface area contributed by atoms with Crippen LogP contribution < -0.4 is 10.1 Å². The highest BCUT2D eigenvalue weighted by molar-refractivity contribution is 9.10. The molecule has 2 fully saturated rings. The predicted octanol–water partition coefficient (Wildman–Crippen LogP) is 4.22. The fourth-order valence-corrected chi connectivity index (χ4v) is 4.00. The fourth-order valence-electron chi connectivity index (χ4n) is 3.59. The first-order chi connectivity index (χ1) is 9.69. The second-order valence-electron chi connectivity index (χ2n) is 5.81. The molecule has 0 bridgehead atoms. The summed E-state index contributed by atoms with van der Waals surface area (Å²) in [5.74, 6) is 0.873. The molecule has 4 heteroatoms. The van der Waals surface area contributed by atoms with E-state index in [1.165, 1.54) is 19.3 Å². The van der Waals surface area contributed by atoms with Crippen LogP contribution in [0.4, 0.5) is 5.69 Å². The van der Waals surface area contributed by atoms with Gasteiger partial charge in [-0.15, -0.1) is 0 Å². The van der Waals surface area contributed by atoms with Gasteiger partial charge in [0.15, 0.2) is 0 Å². The maximum absolute atomic E-state index is 5.90. The number of methoxy groups -OCH3 is 1. The summed E-state index contributed by atoms with van der Waals surface area (Å²) in [7, 11) is 1.70. The molecular formula is C16H22BrNO2. The van der Waals surface area contributed by atoms with Gasteiger partial charge < -0.3 is 14.8 Å². The number of nitrogens with one attached hydrogen (secondary N) is 1. The fraction of sp³-hybridized carbons (Fsp3) is 0.625. The molecule has 0 radical (unpaired) electrons. The molecule has 1 aromatic carbocycles. The van der Waals surface area contributed by atoms with Gasteiger partial charge >= 0.3 is 0 Å². The largest absolute Gasteiger partial charge is 0.495 e. The van der Waals surface area contributed by atoms with Gasteiger partial charge in [0.2, 0.25) is 0 Å². The lowest BCUT2D eigenvalue weighted by atomic mass is 9.51. The first-order valence-corrected chi connectivity index (χ1v) is 8.20. The minimum atomic E-state index is 0.385. The van der Waals surface area contributed by atoms with E-state index in [1.54, 1.807) is 7.11 Å². The molecule has 0 amide bonds. The van der Waals surface area contributed by atoms with Crippen molar-refractivity contribution in [3.63, 3.8) is 0 Å². The van der Waals surface area contributed by atoms with Crippen LogP contribution in [-0.4, -0.2) is 25.9 Å². The van der Waals surface area contributed by atoms with Crippen LogP contribution in [0.5, 0.6) is 5.75 Å². The van der Waals surface area contributed by atoms with Crippen molar-refractivity contribution < 1.29 is 9.47 Å². The smallest absolute Gasteiger partial charge is 0.135 e. The lowest BCUT2D eigenvalue weighted by Crippen LogP contribution is -2.64. The predicted molar refractivity (Wildman–Crippen MR) is 84.4 cm³/mol. The standard InChI is InChI=1S/C16H22BrNO2/c1-3-20-15-10-14(16(15)7-4-8-16)18-11-5-6-12(17)13(9-11)19-2/h5-6,9,14-15,18H,3-4,7-8,10H2,1-2H3. The van der Waals surface area contributed by atoms with Crippen LogP contribution in [-0.2, 0) is 4.74 Å². The van der Waals surface area contributed by atoms with Gasteiger partial charge in [-0.05, 0) is 54.2 Å². The number of hydrogen-bond donors (Lipinski definition) is 1. The molecule has 2 aliphatic carbocycles. The Morgan fingerprint density at radius 1 is 1.40 bits per heavy atom. The molecule has 3 rings (SSSR count). The molecule has 0 aromatic heterocycles. The second-order valence-corrected chi connectivity index (χ2v) is 6.67. The van der Waals surface area contributed by atoms with Crippen molar-refractivity contribution in [2.24, 2.45) is 5.41 Å². The monoisotopic (exact) mass is 339 g/mol. The molecule has 0 aliphatic heterocycles. The van der Waals surface area contributed by atoms with Crippen LogP contribution in [0.1, 0.15) is 32.6 Å². The van der Waals surface area contributed by atoms with E-state index in [4.69, 9.17) is 9.47 Å². The van der Waals surface area contributed by atoms with Crippen LogP contribution in [0, 0.1) is 5.41 Å². The van der Waals surface area contributed by atoms with Crippen LogP contribution in [0.3, 0.4) is 0 Å². The summed E-state index contributed by atoms with van der Waals surface area (Å²) in [5.41, 5.74) is 1.52. The van der Waals surface area contributed by atoms with Gasteiger partial charge in [0, 0.05) is 29.8 Å². The Morgan fingerprint density at radius 3 is 2.80 bits per heavy atom. The minimum absolute atomic E-state index is 0.385. The third-order valence-corrected chi connectivity index (χ3v) is 5.58. The van der Waals surface area contributed by atoms with E-state index >= 15 is 0 Å². The molecule has 1 N–H and O–H groups in total. The average molecular weight is 340 g/mol. The van der Waals surface area contributed by atoms with Crippen molar-refractivity contribution in [2.45, 2.75) is 44.8 Å². The zero-order chi connectivity index (χ0) is 14.2. The van der Waals surface area contributed by atoms with E-state index in [9.17, 15) is 0 Å². The summed E-state index contributed by atoms with van der Waals surface area (Å²) in [4.78, 5) is 0. The molecule has 2 unspecified atom stereocenters. The van der Waals surface area contributed by atoms with Crippen molar-refractivity contribution >= 4 is 21.6 Å². The maximum Gasteiger partial charge on any atom is 0.135 e. The van der Waals surface area contributed by atoms with Gasteiger partial charge in [-0.1, -0.05) is 6.42 Å². The number of halogens is 1. The van der Waals surface area contributed by atoms with E-state index in [0.717, 1.165) is 28.9 Å². The molecule has 110 valence electrons. The summed E-state index contributed by atoms with van der Waals surface area (Å²) < 4.78 is 12.2. The Labute approximate surface area is 129 Å². The van der Waals surface area contributed by atoms with Gasteiger partial charge in [-0.3, -0.25) is 0 Å². The van der Waals surface area contributed by atoms with Crippen LogP contribution in [0.25, 0.3) is 0 Å². The quantitative estimate of drug-likeness (QED) is 0.871. The van der Waals surface area contributed by atoms with Crippen molar-refractivity contribution in [2.75, 3.05) is 19.0 Å². The molecule has 1 aromatic rings. The highest BCUT2D eigenvalue weighted by Crippen LogP contribution is 2.58. The number of rotatable bonds is 5. The van der Waals surface area contributed by atoms with Crippen molar-refractivity contribution in [3.8, 4) is 5.75 Å². The summed E-state index contributed by atoms with van der Waals surface area (Å²) in [5, 5.41) is 3.68. The molecule has 2 atom stereocenters. The van der Waals surface area contributed by atoms with E-state index in [1.807, 2.05) is 6.07 Å². The van der Waals surface area contributed by atoms with Crippen molar-refractivity contribution in [1.29, 1.82) is 0 Å². The van der Waals surface area contributed by atoms with Gasteiger partial charge in [-0.25, -0.2) is 0 Å². The Balaban J connectivity index is 1.70. The van der Waals surface area contributed by atoms with Crippen molar-refractivity contribution in [1.82, 2.24) is 0 Å².